The molecule has 4 nitrogen and oxygen atoms in total. The molecule has 0 aliphatic rings. The SMILES string of the molecule is CC(C)CC(=O)[O-].CC(C)CC(=O)[O-].[SnH2+2]. The first-order valence-electron chi connectivity index (χ1n) is 4.65. The summed E-state index contributed by atoms with van der Waals surface area (Å²) < 4.78 is 0. The van der Waals surface area contributed by atoms with Crippen LogP contribution in [0.1, 0.15) is 40.5 Å². The van der Waals surface area contributed by atoms with E-state index in [-0.39, 0.29) is 48.6 Å². The van der Waals surface area contributed by atoms with E-state index < -0.39 is 11.9 Å². The van der Waals surface area contributed by atoms with E-state index in [0.29, 0.717) is 0 Å². The van der Waals surface area contributed by atoms with Crippen molar-refractivity contribution in [1.29, 1.82) is 0 Å². The first-order chi connectivity index (χ1) is 6.25. The molecule has 0 spiro atoms. The van der Waals surface area contributed by atoms with Gasteiger partial charge in [-0.1, -0.05) is 27.7 Å². The van der Waals surface area contributed by atoms with Gasteiger partial charge in [-0.2, -0.15) is 0 Å². The molecule has 0 amide bonds. The average Bonchev–Trinajstić information content (AvgIpc) is 1.79. The van der Waals surface area contributed by atoms with Gasteiger partial charge >= 0.3 is 23.9 Å². The number of carboxylic acid groups (broad SMARTS) is 2. The van der Waals surface area contributed by atoms with E-state index in [1.165, 1.54) is 0 Å². The van der Waals surface area contributed by atoms with Crippen molar-refractivity contribution in [1.82, 2.24) is 0 Å². The Morgan fingerprint density at radius 3 is 1.07 bits per heavy atom. The second-order valence-corrected chi connectivity index (χ2v) is 3.94. The molecule has 0 bridgehead atoms. The van der Waals surface area contributed by atoms with Crippen LogP contribution in [0.5, 0.6) is 0 Å². The van der Waals surface area contributed by atoms with E-state index in [2.05, 4.69) is 0 Å². The fourth-order valence-corrected chi connectivity index (χ4v) is 0.667. The van der Waals surface area contributed by atoms with E-state index in [4.69, 9.17) is 0 Å². The maximum absolute atomic E-state index is 9.70. The topological polar surface area (TPSA) is 80.3 Å². The van der Waals surface area contributed by atoms with Crippen molar-refractivity contribution >= 4 is 35.8 Å². The fourth-order valence-electron chi connectivity index (χ4n) is 0.667. The quantitative estimate of drug-likeness (QED) is 0.599. The van der Waals surface area contributed by atoms with Gasteiger partial charge in [0, 0.05) is 11.9 Å². The molecule has 0 aromatic heterocycles. The van der Waals surface area contributed by atoms with Gasteiger partial charge in [0.05, 0.1) is 0 Å². The first kappa shape index (κ1) is 20.2. The molecule has 0 rings (SSSR count). The summed E-state index contributed by atoms with van der Waals surface area (Å²) in [6.45, 7) is 7.37. The molecule has 0 heterocycles. The number of carbonyl (C=O) groups is 2. The van der Waals surface area contributed by atoms with Crippen molar-refractivity contribution in [3.05, 3.63) is 0 Å². The summed E-state index contributed by atoms with van der Waals surface area (Å²) in [6, 6.07) is 0. The summed E-state index contributed by atoms with van der Waals surface area (Å²) >= 11 is 0. The molecular weight excluding hydrogens is 303 g/mol. The summed E-state index contributed by atoms with van der Waals surface area (Å²) in [6.07, 6.45) is 0.333. The Morgan fingerprint density at radius 2 is 1.07 bits per heavy atom. The molecular formula is C10H20O4Sn. The normalized spacial score (nSPS) is 8.93. The zero-order valence-electron chi connectivity index (χ0n) is 9.91. The molecule has 0 atom stereocenters. The Morgan fingerprint density at radius 1 is 0.867 bits per heavy atom. The van der Waals surface area contributed by atoms with E-state index in [9.17, 15) is 19.8 Å². The number of carboxylic acids is 2. The molecule has 0 aliphatic carbocycles. The molecule has 0 aromatic carbocycles. The molecule has 0 radical (unpaired) electrons. The van der Waals surface area contributed by atoms with Crippen LogP contribution in [-0.2, 0) is 9.59 Å². The monoisotopic (exact) mass is 324 g/mol. The number of hydrogen-bond donors (Lipinski definition) is 0. The van der Waals surface area contributed by atoms with Crippen molar-refractivity contribution < 1.29 is 19.8 Å². The van der Waals surface area contributed by atoms with Gasteiger partial charge in [0.25, 0.3) is 0 Å². The summed E-state index contributed by atoms with van der Waals surface area (Å²) in [4.78, 5) is 19.4. The number of aliphatic carboxylic acids is 2. The van der Waals surface area contributed by atoms with Gasteiger partial charge in [0.2, 0.25) is 0 Å². The van der Waals surface area contributed by atoms with Crippen molar-refractivity contribution in [2.75, 3.05) is 0 Å². The van der Waals surface area contributed by atoms with Crippen molar-refractivity contribution in [3.63, 3.8) is 0 Å². The Hall–Kier alpha value is -0.261. The number of hydrogen-bond acceptors (Lipinski definition) is 4. The van der Waals surface area contributed by atoms with Crippen LogP contribution in [0.25, 0.3) is 0 Å². The van der Waals surface area contributed by atoms with E-state index >= 15 is 0 Å². The standard InChI is InChI=1S/2C5H10O2.Sn.2H/c2*1-4(2)3-5(6)7;;;/h2*4H,3H2,1-2H3,(H,6,7);;;/q;;+2;;/p-2. The van der Waals surface area contributed by atoms with Gasteiger partial charge in [0.1, 0.15) is 0 Å². The molecule has 88 valence electrons. The zero-order chi connectivity index (χ0) is 11.7. The molecule has 0 unspecified atom stereocenters. The van der Waals surface area contributed by atoms with Crippen LogP contribution in [0.15, 0.2) is 0 Å². The Bertz CT molecular complexity index is 158. The number of rotatable bonds is 4. The predicted octanol–water partition coefficient (Wildman–Crippen LogP) is -1.35. The van der Waals surface area contributed by atoms with Crippen LogP contribution in [0, 0.1) is 11.8 Å². The molecule has 0 N–H and O–H groups in total. The molecule has 5 heteroatoms. The molecule has 0 aliphatic heterocycles. The van der Waals surface area contributed by atoms with Crippen LogP contribution in [0.2, 0.25) is 0 Å². The van der Waals surface area contributed by atoms with E-state index in [0.717, 1.165) is 0 Å². The molecule has 0 saturated heterocycles. The molecule has 0 saturated carbocycles. The van der Waals surface area contributed by atoms with Gasteiger partial charge in [-0.05, 0) is 24.7 Å². The summed E-state index contributed by atoms with van der Waals surface area (Å²) in [5.41, 5.74) is 0. The number of carbonyl (C=O) groups excluding carboxylic acids is 2. The van der Waals surface area contributed by atoms with Crippen LogP contribution in [0.4, 0.5) is 0 Å². The van der Waals surface area contributed by atoms with Gasteiger partial charge in [-0.15, -0.1) is 0 Å². The van der Waals surface area contributed by atoms with Crippen LogP contribution < -0.4 is 10.2 Å². The fraction of sp³-hybridized carbons (Fsp3) is 0.800. The summed E-state index contributed by atoms with van der Waals surface area (Å²) in [5.74, 6) is -1.50. The van der Waals surface area contributed by atoms with Gasteiger partial charge in [-0.25, -0.2) is 0 Å². The van der Waals surface area contributed by atoms with Crippen molar-refractivity contribution in [2.45, 2.75) is 40.5 Å². The molecule has 0 aromatic rings. The second-order valence-electron chi connectivity index (χ2n) is 3.94. The second kappa shape index (κ2) is 11.8. The van der Waals surface area contributed by atoms with Gasteiger partial charge in [0.15, 0.2) is 0 Å². The zero-order valence-corrected chi connectivity index (χ0v) is 13.9. The van der Waals surface area contributed by atoms with Crippen molar-refractivity contribution in [2.24, 2.45) is 11.8 Å². The summed E-state index contributed by atoms with van der Waals surface area (Å²) in [5, 5.41) is 19.4. The van der Waals surface area contributed by atoms with Gasteiger partial charge < -0.3 is 19.8 Å². The minimum absolute atomic E-state index is 0. The maximum atomic E-state index is 9.70. The third-order valence-electron chi connectivity index (χ3n) is 1.15. The van der Waals surface area contributed by atoms with Crippen LogP contribution in [-0.4, -0.2) is 35.8 Å². The Kier molecular flexibility index (Phi) is 15.9. The van der Waals surface area contributed by atoms with E-state index in [1.807, 2.05) is 27.7 Å². The summed E-state index contributed by atoms with van der Waals surface area (Å²) in [7, 11) is 0. The average molecular weight is 323 g/mol. The van der Waals surface area contributed by atoms with Crippen molar-refractivity contribution in [3.8, 4) is 0 Å². The molecule has 15 heavy (non-hydrogen) atoms. The first-order valence-corrected chi connectivity index (χ1v) is 4.65. The van der Waals surface area contributed by atoms with E-state index in [1.54, 1.807) is 0 Å². The Balaban J connectivity index is -0.000000180. The van der Waals surface area contributed by atoms with Crippen LogP contribution >= 0.6 is 0 Å². The Labute approximate surface area is 108 Å². The molecule has 0 fully saturated rings. The third-order valence-corrected chi connectivity index (χ3v) is 1.15. The minimum atomic E-state index is -0.963. The third kappa shape index (κ3) is 31.6. The predicted molar refractivity (Wildman–Crippen MR) is 57.5 cm³/mol. The van der Waals surface area contributed by atoms with Gasteiger partial charge in [-0.3, -0.25) is 0 Å². The van der Waals surface area contributed by atoms with Crippen LogP contribution in [0.3, 0.4) is 0 Å².